The van der Waals surface area contributed by atoms with Gasteiger partial charge in [-0.1, -0.05) is 30.3 Å². The van der Waals surface area contributed by atoms with E-state index in [0.717, 1.165) is 39.0 Å². The number of piperazine rings is 1. The van der Waals surface area contributed by atoms with Crippen molar-refractivity contribution >= 4 is 5.91 Å². The largest absolute Gasteiger partial charge is 0.334 e. The van der Waals surface area contributed by atoms with Crippen molar-refractivity contribution < 1.29 is 4.79 Å². The van der Waals surface area contributed by atoms with E-state index < -0.39 is 0 Å². The summed E-state index contributed by atoms with van der Waals surface area (Å²) in [4.78, 5) is 17.1. The van der Waals surface area contributed by atoms with Gasteiger partial charge in [0.25, 0.3) is 0 Å². The molecule has 4 nitrogen and oxygen atoms in total. The lowest BCUT2D eigenvalue weighted by Crippen LogP contribution is -2.53. The smallest absolute Gasteiger partial charge is 0.237 e. The summed E-state index contributed by atoms with van der Waals surface area (Å²) in [5, 5.41) is 3.38. The minimum atomic E-state index is 0.287. The van der Waals surface area contributed by atoms with Crippen molar-refractivity contribution in [1.29, 1.82) is 0 Å². The second-order valence-corrected chi connectivity index (χ2v) is 6.26. The van der Waals surface area contributed by atoms with Crippen LogP contribution < -0.4 is 5.32 Å². The summed E-state index contributed by atoms with van der Waals surface area (Å²) in [6, 6.07) is 11.2. The minimum Gasteiger partial charge on any atom is -0.334 e. The van der Waals surface area contributed by atoms with Gasteiger partial charge in [0, 0.05) is 38.3 Å². The number of benzene rings is 1. The molecule has 1 N–H and O–H groups in total. The van der Waals surface area contributed by atoms with E-state index in [1.165, 1.54) is 5.56 Å². The van der Waals surface area contributed by atoms with Gasteiger partial charge in [-0.25, -0.2) is 0 Å². The predicted octanol–water partition coefficient (Wildman–Crippen LogP) is 1.47. The number of hydrogen-bond donors (Lipinski definition) is 1. The average molecular weight is 287 g/mol. The third-order valence-corrected chi connectivity index (χ3v) is 4.48. The van der Waals surface area contributed by atoms with E-state index in [1.54, 1.807) is 0 Å². The van der Waals surface area contributed by atoms with Gasteiger partial charge < -0.3 is 10.2 Å². The number of hydrogen-bond acceptors (Lipinski definition) is 3. The van der Waals surface area contributed by atoms with Crippen molar-refractivity contribution in [2.45, 2.75) is 38.4 Å². The van der Waals surface area contributed by atoms with Crippen LogP contribution in [0.15, 0.2) is 30.3 Å². The van der Waals surface area contributed by atoms with Gasteiger partial charge in [-0.05, 0) is 25.3 Å². The molecule has 21 heavy (non-hydrogen) atoms. The molecule has 4 heteroatoms. The van der Waals surface area contributed by atoms with Crippen LogP contribution in [0.1, 0.15) is 25.3 Å². The van der Waals surface area contributed by atoms with Crippen LogP contribution in [0.25, 0.3) is 0 Å². The quantitative estimate of drug-likeness (QED) is 0.891. The summed E-state index contributed by atoms with van der Waals surface area (Å²) >= 11 is 0. The van der Waals surface area contributed by atoms with Crippen LogP contribution in [0.5, 0.6) is 0 Å². The number of nitrogens with one attached hydrogen (secondary N) is 1. The molecule has 0 radical (unpaired) electrons. The molecule has 1 atom stereocenters. The molecule has 0 bridgehead atoms. The van der Waals surface area contributed by atoms with Crippen LogP contribution in [-0.2, 0) is 11.3 Å². The molecule has 1 saturated carbocycles. The van der Waals surface area contributed by atoms with E-state index in [1.807, 2.05) is 18.2 Å². The SMILES string of the molecule is C[C@H]1CNCCN1CC(=O)N(Cc1ccccc1)C1CC1. The average Bonchev–Trinajstić information content (AvgIpc) is 3.33. The summed E-state index contributed by atoms with van der Waals surface area (Å²) in [5.41, 5.74) is 1.23. The fourth-order valence-electron chi connectivity index (χ4n) is 2.97. The molecule has 1 aromatic carbocycles. The van der Waals surface area contributed by atoms with Crippen molar-refractivity contribution in [3.05, 3.63) is 35.9 Å². The maximum atomic E-state index is 12.7. The molecule has 0 spiro atoms. The lowest BCUT2D eigenvalue weighted by atomic mass is 10.2. The van der Waals surface area contributed by atoms with Gasteiger partial charge in [-0.2, -0.15) is 0 Å². The van der Waals surface area contributed by atoms with Crippen molar-refractivity contribution in [2.75, 3.05) is 26.2 Å². The lowest BCUT2D eigenvalue weighted by Gasteiger charge is -2.35. The number of carbonyl (C=O) groups is 1. The summed E-state index contributed by atoms with van der Waals surface area (Å²) in [7, 11) is 0. The Hall–Kier alpha value is -1.39. The Bertz CT molecular complexity index is 472. The molecule has 3 rings (SSSR count). The summed E-state index contributed by atoms with van der Waals surface area (Å²) in [6.07, 6.45) is 2.32. The molecule has 0 aromatic heterocycles. The zero-order valence-corrected chi connectivity index (χ0v) is 12.8. The molecule has 1 aliphatic heterocycles. The van der Waals surface area contributed by atoms with E-state index in [0.29, 0.717) is 18.6 Å². The van der Waals surface area contributed by atoms with Crippen molar-refractivity contribution in [3.8, 4) is 0 Å². The maximum absolute atomic E-state index is 12.7. The Kier molecular flexibility index (Phi) is 4.56. The number of carbonyl (C=O) groups excluding carboxylic acids is 1. The Morgan fingerprint density at radius 3 is 2.76 bits per heavy atom. The van der Waals surface area contributed by atoms with Crippen LogP contribution >= 0.6 is 0 Å². The first-order chi connectivity index (χ1) is 10.2. The van der Waals surface area contributed by atoms with E-state index in [4.69, 9.17) is 0 Å². The Morgan fingerprint density at radius 2 is 2.10 bits per heavy atom. The van der Waals surface area contributed by atoms with Gasteiger partial charge in [0.15, 0.2) is 0 Å². The molecule has 114 valence electrons. The van der Waals surface area contributed by atoms with E-state index in [9.17, 15) is 4.79 Å². The van der Waals surface area contributed by atoms with E-state index >= 15 is 0 Å². The predicted molar refractivity (Wildman–Crippen MR) is 83.9 cm³/mol. The van der Waals surface area contributed by atoms with Gasteiger partial charge >= 0.3 is 0 Å². The third kappa shape index (κ3) is 3.83. The fraction of sp³-hybridized carbons (Fsp3) is 0.588. The molecule has 1 amide bonds. The van der Waals surface area contributed by atoms with E-state index in [-0.39, 0.29) is 5.91 Å². The second-order valence-electron chi connectivity index (χ2n) is 6.26. The van der Waals surface area contributed by atoms with Gasteiger partial charge in [0.2, 0.25) is 5.91 Å². The Morgan fingerprint density at radius 1 is 1.33 bits per heavy atom. The zero-order chi connectivity index (χ0) is 14.7. The lowest BCUT2D eigenvalue weighted by molar-refractivity contribution is -0.134. The van der Waals surface area contributed by atoms with Crippen LogP contribution in [0.2, 0.25) is 0 Å². The summed E-state index contributed by atoms with van der Waals surface area (Å²) < 4.78 is 0. The summed E-state index contributed by atoms with van der Waals surface area (Å²) in [5.74, 6) is 0.287. The normalized spacial score (nSPS) is 23.0. The Labute approximate surface area is 127 Å². The highest BCUT2D eigenvalue weighted by atomic mass is 16.2. The highest BCUT2D eigenvalue weighted by Gasteiger charge is 2.33. The van der Waals surface area contributed by atoms with Crippen LogP contribution in [0.3, 0.4) is 0 Å². The molecule has 2 aliphatic rings. The van der Waals surface area contributed by atoms with Crippen molar-refractivity contribution in [1.82, 2.24) is 15.1 Å². The number of nitrogens with zero attached hydrogens (tertiary/aromatic N) is 2. The first-order valence-electron chi connectivity index (χ1n) is 8.02. The number of amides is 1. The highest BCUT2D eigenvalue weighted by molar-refractivity contribution is 5.79. The zero-order valence-electron chi connectivity index (χ0n) is 12.8. The first-order valence-corrected chi connectivity index (χ1v) is 8.02. The van der Waals surface area contributed by atoms with Crippen LogP contribution in [0.4, 0.5) is 0 Å². The molecular weight excluding hydrogens is 262 g/mol. The standard InChI is InChI=1S/C17H25N3O/c1-14-11-18-9-10-19(14)13-17(21)20(16-7-8-16)12-15-5-3-2-4-6-15/h2-6,14,16,18H,7-13H2,1H3/t14-/m0/s1. The molecular formula is C17H25N3O. The molecule has 1 aromatic rings. The minimum absolute atomic E-state index is 0.287. The third-order valence-electron chi connectivity index (χ3n) is 4.48. The molecule has 1 heterocycles. The van der Waals surface area contributed by atoms with Crippen molar-refractivity contribution in [2.24, 2.45) is 0 Å². The van der Waals surface area contributed by atoms with Crippen LogP contribution in [0, 0.1) is 0 Å². The van der Waals surface area contributed by atoms with Crippen molar-refractivity contribution in [3.63, 3.8) is 0 Å². The first kappa shape index (κ1) is 14.5. The van der Waals surface area contributed by atoms with Crippen LogP contribution in [-0.4, -0.2) is 54.0 Å². The summed E-state index contributed by atoms with van der Waals surface area (Å²) in [6.45, 7) is 6.45. The second kappa shape index (κ2) is 6.58. The van der Waals surface area contributed by atoms with Gasteiger partial charge in [0.05, 0.1) is 6.54 Å². The monoisotopic (exact) mass is 287 g/mol. The topological polar surface area (TPSA) is 35.6 Å². The molecule has 0 unspecified atom stereocenters. The van der Waals surface area contributed by atoms with E-state index in [2.05, 4.69) is 34.2 Å². The molecule has 1 aliphatic carbocycles. The maximum Gasteiger partial charge on any atom is 0.237 e. The molecule has 2 fully saturated rings. The fourth-order valence-corrected chi connectivity index (χ4v) is 2.97. The Balaban J connectivity index is 1.62. The highest BCUT2D eigenvalue weighted by Crippen LogP contribution is 2.28. The number of rotatable bonds is 5. The van der Waals surface area contributed by atoms with Gasteiger partial charge in [-0.3, -0.25) is 9.69 Å². The van der Waals surface area contributed by atoms with Gasteiger partial charge in [-0.15, -0.1) is 0 Å². The van der Waals surface area contributed by atoms with Gasteiger partial charge in [0.1, 0.15) is 0 Å². The molecule has 1 saturated heterocycles.